The minimum atomic E-state index is -0.407. The third kappa shape index (κ3) is 1.71. The SMILES string of the molecule is CCOC(=O)[C@]1(C)CCCN1. The average Bonchev–Trinajstić information content (AvgIpc) is 2.38. The van der Waals surface area contributed by atoms with Gasteiger partial charge in [-0.3, -0.25) is 4.79 Å². The van der Waals surface area contributed by atoms with Crippen molar-refractivity contribution in [3.63, 3.8) is 0 Å². The number of nitrogens with one attached hydrogen (secondary N) is 1. The molecule has 1 aliphatic heterocycles. The summed E-state index contributed by atoms with van der Waals surface area (Å²) in [7, 11) is 0. The zero-order valence-corrected chi connectivity index (χ0v) is 7.14. The van der Waals surface area contributed by atoms with E-state index in [1.54, 1.807) is 0 Å². The Labute approximate surface area is 67.1 Å². The number of carbonyl (C=O) groups is 1. The zero-order chi connectivity index (χ0) is 8.32. The summed E-state index contributed by atoms with van der Waals surface area (Å²) in [5.41, 5.74) is -0.407. The molecule has 64 valence electrons. The fourth-order valence-electron chi connectivity index (χ4n) is 1.36. The molecule has 0 radical (unpaired) electrons. The topological polar surface area (TPSA) is 38.3 Å². The van der Waals surface area contributed by atoms with Crippen LogP contribution in [0.15, 0.2) is 0 Å². The summed E-state index contributed by atoms with van der Waals surface area (Å²) in [6.07, 6.45) is 1.96. The van der Waals surface area contributed by atoms with Crippen molar-refractivity contribution in [1.82, 2.24) is 5.32 Å². The lowest BCUT2D eigenvalue weighted by Crippen LogP contribution is -2.45. The molecule has 0 aromatic heterocycles. The maximum Gasteiger partial charge on any atom is 0.326 e. The van der Waals surface area contributed by atoms with E-state index in [1.807, 2.05) is 13.8 Å². The Hall–Kier alpha value is -0.570. The summed E-state index contributed by atoms with van der Waals surface area (Å²) >= 11 is 0. The van der Waals surface area contributed by atoms with E-state index in [2.05, 4.69) is 5.32 Å². The Morgan fingerprint density at radius 3 is 2.91 bits per heavy atom. The largest absolute Gasteiger partial charge is 0.465 e. The molecular formula is C8H15NO2. The summed E-state index contributed by atoms with van der Waals surface area (Å²) in [6, 6.07) is 0. The van der Waals surface area contributed by atoms with Gasteiger partial charge in [0.25, 0.3) is 0 Å². The molecule has 0 spiro atoms. The van der Waals surface area contributed by atoms with Gasteiger partial charge < -0.3 is 10.1 Å². The predicted octanol–water partition coefficient (Wildman–Crippen LogP) is 0.692. The molecule has 1 saturated heterocycles. The van der Waals surface area contributed by atoms with Crippen LogP contribution in [0.5, 0.6) is 0 Å². The first-order chi connectivity index (χ1) is 5.19. The van der Waals surface area contributed by atoms with Crippen molar-refractivity contribution in [2.45, 2.75) is 32.2 Å². The van der Waals surface area contributed by atoms with Crippen molar-refractivity contribution in [3.05, 3.63) is 0 Å². The Morgan fingerprint density at radius 1 is 1.73 bits per heavy atom. The van der Waals surface area contributed by atoms with Crippen molar-refractivity contribution >= 4 is 5.97 Å². The van der Waals surface area contributed by atoms with Gasteiger partial charge in [0, 0.05) is 0 Å². The lowest BCUT2D eigenvalue weighted by atomic mass is 10.0. The molecule has 1 N–H and O–H groups in total. The van der Waals surface area contributed by atoms with Crippen LogP contribution in [0.4, 0.5) is 0 Å². The van der Waals surface area contributed by atoms with Gasteiger partial charge in [-0.15, -0.1) is 0 Å². The minimum absolute atomic E-state index is 0.113. The Bertz CT molecular complexity index is 150. The smallest absolute Gasteiger partial charge is 0.326 e. The Balaban J connectivity index is 2.49. The number of ether oxygens (including phenoxy) is 1. The predicted molar refractivity (Wildman–Crippen MR) is 42.3 cm³/mol. The van der Waals surface area contributed by atoms with Crippen LogP contribution < -0.4 is 5.32 Å². The first kappa shape index (κ1) is 8.53. The molecule has 1 rings (SSSR count). The number of carbonyl (C=O) groups excluding carboxylic acids is 1. The number of esters is 1. The standard InChI is InChI=1S/C8H15NO2/c1-3-11-7(10)8(2)5-4-6-9-8/h9H,3-6H2,1-2H3/t8-/m0/s1. The second-order valence-corrected chi connectivity index (χ2v) is 3.08. The van der Waals surface area contributed by atoms with Crippen molar-refractivity contribution < 1.29 is 9.53 Å². The van der Waals surface area contributed by atoms with E-state index >= 15 is 0 Å². The summed E-state index contributed by atoms with van der Waals surface area (Å²) in [5, 5.41) is 3.14. The molecule has 1 aliphatic rings. The van der Waals surface area contributed by atoms with E-state index in [0.717, 1.165) is 19.4 Å². The van der Waals surface area contributed by atoms with Crippen molar-refractivity contribution in [1.29, 1.82) is 0 Å². The van der Waals surface area contributed by atoms with Crippen LogP contribution in [0.3, 0.4) is 0 Å². The Morgan fingerprint density at radius 2 is 2.45 bits per heavy atom. The quantitative estimate of drug-likeness (QED) is 0.599. The van der Waals surface area contributed by atoms with Crippen LogP contribution in [-0.2, 0) is 9.53 Å². The third-order valence-corrected chi connectivity index (χ3v) is 2.09. The van der Waals surface area contributed by atoms with Crippen LogP contribution in [0.25, 0.3) is 0 Å². The fourth-order valence-corrected chi connectivity index (χ4v) is 1.36. The molecule has 0 saturated carbocycles. The van der Waals surface area contributed by atoms with E-state index in [1.165, 1.54) is 0 Å². The molecule has 11 heavy (non-hydrogen) atoms. The molecule has 1 fully saturated rings. The maximum absolute atomic E-state index is 11.3. The second kappa shape index (κ2) is 3.22. The normalized spacial score (nSPS) is 30.4. The molecule has 0 aromatic carbocycles. The summed E-state index contributed by atoms with van der Waals surface area (Å²) in [6.45, 7) is 5.12. The molecule has 3 heteroatoms. The van der Waals surface area contributed by atoms with Crippen LogP contribution >= 0.6 is 0 Å². The number of hydrogen-bond donors (Lipinski definition) is 1. The molecule has 0 amide bonds. The van der Waals surface area contributed by atoms with Gasteiger partial charge in [-0.1, -0.05) is 0 Å². The van der Waals surface area contributed by atoms with Gasteiger partial charge in [0.1, 0.15) is 5.54 Å². The van der Waals surface area contributed by atoms with E-state index in [-0.39, 0.29) is 5.97 Å². The molecule has 0 aromatic rings. The molecule has 0 aliphatic carbocycles. The van der Waals surface area contributed by atoms with Gasteiger partial charge in [-0.05, 0) is 33.2 Å². The fraction of sp³-hybridized carbons (Fsp3) is 0.875. The van der Waals surface area contributed by atoms with Gasteiger partial charge in [-0.2, -0.15) is 0 Å². The lowest BCUT2D eigenvalue weighted by Gasteiger charge is -2.21. The molecule has 0 bridgehead atoms. The maximum atomic E-state index is 11.3. The Kier molecular flexibility index (Phi) is 2.49. The highest BCUT2D eigenvalue weighted by atomic mass is 16.5. The molecule has 1 heterocycles. The number of rotatable bonds is 2. The van der Waals surface area contributed by atoms with E-state index in [4.69, 9.17) is 4.74 Å². The van der Waals surface area contributed by atoms with E-state index < -0.39 is 5.54 Å². The summed E-state index contributed by atoms with van der Waals surface area (Å²) < 4.78 is 4.93. The molecule has 1 atom stereocenters. The van der Waals surface area contributed by atoms with Gasteiger partial charge >= 0.3 is 5.97 Å². The van der Waals surface area contributed by atoms with Gasteiger partial charge in [0.2, 0.25) is 0 Å². The summed E-state index contributed by atoms with van der Waals surface area (Å²) in [5.74, 6) is -0.113. The van der Waals surface area contributed by atoms with Crippen LogP contribution in [0.1, 0.15) is 26.7 Å². The number of hydrogen-bond acceptors (Lipinski definition) is 3. The first-order valence-electron chi connectivity index (χ1n) is 4.11. The molecule has 0 unspecified atom stereocenters. The van der Waals surface area contributed by atoms with Crippen LogP contribution in [-0.4, -0.2) is 24.7 Å². The highest BCUT2D eigenvalue weighted by Gasteiger charge is 2.36. The summed E-state index contributed by atoms with van der Waals surface area (Å²) in [4.78, 5) is 11.3. The van der Waals surface area contributed by atoms with Crippen LogP contribution in [0.2, 0.25) is 0 Å². The van der Waals surface area contributed by atoms with Gasteiger partial charge in [-0.25, -0.2) is 0 Å². The third-order valence-electron chi connectivity index (χ3n) is 2.09. The van der Waals surface area contributed by atoms with E-state index in [9.17, 15) is 4.79 Å². The zero-order valence-electron chi connectivity index (χ0n) is 7.14. The van der Waals surface area contributed by atoms with Crippen LogP contribution in [0, 0.1) is 0 Å². The highest BCUT2D eigenvalue weighted by molar-refractivity contribution is 5.80. The van der Waals surface area contributed by atoms with E-state index in [0.29, 0.717) is 6.61 Å². The van der Waals surface area contributed by atoms with Crippen molar-refractivity contribution in [2.24, 2.45) is 0 Å². The van der Waals surface area contributed by atoms with Gasteiger partial charge in [0.05, 0.1) is 6.61 Å². The molecular weight excluding hydrogens is 142 g/mol. The highest BCUT2D eigenvalue weighted by Crippen LogP contribution is 2.19. The monoisotopic (exact) mass is 157 g/mol. The van der Waals surface area contributed by atoms with Crippen molar-refractivity contribution in [3.8, 4) is 0 Å². The minimum Gasteiger partial charge on any atom is -0.465 e. The lowest BCUT2D eigenvalue weighted by molar-refractivity contribution is -0.149. The van der Waals surface area contributed by atoms with Gasteiger partial charge in [0.15, 0.2) is 0 Å². The molecule has 3 nitrogen and oxygen atoms in total. The second-order valence-electron chi connectivity index (χ2n) is 3.08. The first-order valence-corrected chi connectivity index (χ1v) is 4.11. The average molecular weight is 157 g/mol. The van der Waals surface area contributed by atoms with Crippen molar-refractivity contribution in [2.75, 3.05) is 13.2 Å².